The van der Waals surface area contributed by atoms with E-state index in [4.69, 9.17) is 9.47 Å². The Hall–Kier alpha value is -0.860. The molecular weight excluding hydrogens is 597 g/mol. The zero-order chi connectivity index (χ0) is 33.8. The standard InChI is InChI=1S/C47H78O2/c1-4-6-17-35(5-2)34-49-47-33-38(46(48-3)32-39(47)28-26-36-18-9-7-10-19-36)29-31-45-42-24-15-13-22-40(42)44(41-23-14-16-25-43(41)45)30-27-37-20-11-8-12-21-37/h26-31,35-47H,4-25,32-34H2,1-3H3/b28-26+,30-27+,31-29+. The van der Waals surface area contributed by atoms with Crippen LogP contribution in [-0.4, -0.2) is 25.9 Å². The predicted octanol–water partition coefficient (Wildman–Crippen LogP) is 13.3. The first-order valence-corrected chi connectivity index (χ1v) is 22.4. The summed E-state index contributed by atoms with van der Waals surface area (Å²) in [5, 5.41) is 0. The Balaban J connectivity index is 1.19. The van der Waals surface area contributed by atoms with Gasteiger partial charge in [0, 0.05) is 25.6 Å². The van der Waals surface area contributed by atoms with Crippen molar-refractivity contribution in [2.45, 2.75) is 180 Å². The van der Waals surface area contributed by atoms with Gasteiger partial charge in [0.05, 0.1) is 12.2 Å². The van der Waals surface area contributed by atoms with E-state index < -0.39 is 0 Å². The van der Waals surface area contributed by atoms with Crippen molar-refractivity contribution in [3.63, 3.8) is 0 Å². The molecule has 0 aromatic heterocycles. The number of hydrogen-bond acceptors (Lipinski definition) is 2. The fraction of sp³-hybridized carbons (Fsp3) is 0.872. The van der Waals surface area contributed by atoms with E-state index in [1.807, 2.05) is 7.11 Å². The maximum atomic E-state index is 7.01. The van der Waals surface area contributed by atoms with Crippen LogP contribution >= 0.6 is 0 Å². The Bertz CT molecular complexity index is 991. The van der Waals surface area contributed by atoms with Gasteiger partial charge in [0.25, 0.3) is 0 Å². The lowest BCUT2D eigenvalue weighted by Gasteiger charge is -2.54. The third-order valence-electron chi connectivity index (χ3n) is 15.2. The molecule has 9 atom stereocenters. The fourth-order valence-electron chi connectivity index (χ4n) is 12.2. The summed E-state index contributed by atoms with van der Waals surface area (Å²) >= 11 is 0. The van der Waals surface area contributed by atoms with E-state index in [1.165, 1.54) is 141 Å². The van der Waals surface area contributed by atoms with Crippen LogP contribution in [-0.2, 0) is 9.47 Å². The third-order valence-corrected chi connectivity index (χ3v) is 15.2. The highest BCUT2D eigenvalue weighted by molar-refractivity contribution is 5.13. The average molecular weight is 675 g/mol. The van der Waals surface area contributed by atoms with Gasteiger partial charge in [-0.25, -0.2) is 0 Å². The van der Waals surface area contributed by atoms with Crippen molar-refractivity contribution in [3.05, 3.63) is 36.5 Å². The largest absolute Gasteiger partial charge is 0.381 e. The van der Waals surface area contributed by atoms with Crippen molar-refractivity contribution >= 4 is 0 Å². The highest BCUT2D eigenvalue weighted by Gasteiger charge is 2.49. The predicted molar refractivity (Wildman–Crippen MR) is 209 cm³/mol. The molecule has 0 aromatic carbocycles. The number of hydrogen-bond donors (Lipinski definition) is 0. The van der Waals surface area contributed by atoms with Crippen LogP contribution in [0.4, 0.5) is 0 Å². The number of fused-ring (bicyclic) bond motifs is 2. The summed E-state index contributed by atoms with van der Waals surface area (Å²) in [5.74, 6) is 8.50. The summed E-state index contributed by atoms with van der Waals surface area (Å²) in [4.78, 5) is 0. The Labute approximate surface area is 304 Å². The number of methoxy groups -OCH3 is 1. The third kappa shape index (κ3) is 10.2. The summed E-state index contributed by atoms with van der Waals surface area (Å²) in [6.45, 7) is 5.64. The van der Waals surface area contributed by atoms with E-state index in [2.05, 4.69) is 50.3 Å². The first-order valence-electron chi connectivity index (χ1n) is 22.4. The summed E-state index contributed by atoms with van der Waals surface area (Å²) in [6, 6.07) is 0. The fourth-order valence-corrected chi connectivity index (χ4v) is 12.2. The second-order valence-corrected chi connectivity index (χ2v) is 18.2. The van der Waals surface area contributed by atoms with Crippen molar-refractivity contribution in [1.82, 2.24) is 0 Å². The average Bonchev–Trinajstić information content (AvgIpc) is 3.16. The molecule has 0 heterocycles. The normalized spacial score (nSPS) is 39.0. The lowest BCUT2D eigenvalue weighted by molar-refractivity contribution is -0.0688. The van der Waals surface area contributed by atoms with Crippen LogP contribution in [0.15, 0.2) is 36.5 Å². The van der Waals surface area contributed by atoms with E-state index in [-0.39, 0.29) is 0 Å². The minimum absolute atomic E-state index is 0.304. The second kappa shape index (κ2) is 19.8. The molecule has 9 unspecified atom stereocenters. The molecule has 2 nitrogen and oxygen atoms in total. The second-order valence-electron chi connectivity index (χ2n) is 18.2. The van der Waals surface area contributed by atoms with Gasteiger partial charge in [-0.05, 0) is 124 Å². The summed E-state index contributed by atoms with van der Waals surface area (Å²) < 4.78 is 13.4. The minimum Gasteiger partial charge on any atom is -0.381 e. The minimum atomic E-state index is 0.304. The van der Waals surface area contributed by atoms with Crippen LogP contribution in [0.3, 0.4) is 0 Å². The molecule has 0 spiro atoms. The first-order chi connectivity index (χ1) is 24.2. The molecule has 6 saturated carbocycles. The van der Waals surface area contributed by atoms with Gasteiger partial charge in [-0.2, -0.15) is 0 Å². The van der Waals surface area contributed by atoms with Crippen LogP contribution in [0.5, 0.6) is 0 Å². The van der Waals surface area contributed by atoms with Gasteiger partial charge in [-0.3, -0.25) is 0 Å². The molecule has 0 aromatic rings. The van der Waals surface area contributed by atoms with Gasteiger partial charge in [0.2, 0.25) is 0 Å². The van der Waals surface area contributed by atoms with Crippen LogP contribution in [0, 0.1) is 65.1 Å². The quantitative estimate of drug-likeness (QED) is 0.171. The molecule has 6 aliphatic rings. The molecule has 0 amide bonds. The Morgan fingerprint density at radius 1 is 0.531 bits per heavy atom. The van der Waals surface area contributed by atoms with Crippen molar-refractivity contribution in [1.29, 1.82) is 0 Å². The zero-order valence-electron chi connectivity index (χ0n) is 32.5. The van der Waals surface area contributed by atoms with E-state index in [0.717, 1.165) is 66.8 Å². The Morgan fingerprint density at radius 3 is 1.49 bits per heavy atom. The van der Waals surface area contributed by atoms with Gasteiger partial charge in [0.15, 0.2) is 0 Å². The number of ether oxygens (including phenoxy) is 2. The van der Waals surface area contributed by atoms with Gasteiger partial charge in [0.1, 0.15) is 0 Å². The number of allylic oxidation sites excluding steroid dienone is 4. The van der Waals surface area contributed by atoms with Crippen molar-refractivity contribution in [2.75, 3.05) is 13.7 Å². The van der Waals surface area contributed by atoms with E-state index in [0.29, 0.717) is 30.0 Å². The molecule has 0 radical (unpaired) electrons. The molecule has 0 N–H and O–H groups in total. The SMILES string of the molecule is CCCCC(CC)COC1CC(/C=C/C2C3CCCCC3C(/C=C/C3CCCCC3)C3CCCCC23)C(OC)CC1/C=C/C1CCCCC1. The monoisotopic (exact) mass is 675 g/mol. The highest BCUT2D eigenvalue weighted by atomic mass is 16.5. The van der Waals surface area contributed by atoms with Gasteiger partial charge in [-0.15, -0.1) is 0 Å². The van der Waals surface area contributed by atoms with Crippen LogP contribution in [0.25, 0.3) is 0 Å². The molecule has 2 heteroatoms. The number of rotatable bonds is 14. The smallest absolute Gasteiger partial charge is 0.0645 e. The van der Waals surface area contributed by atoms with Gasteiger partial charge >= 0.3 is 0 Å². The molecule has 6 fully saturated rings. The van der Waals surface area contributed by atoms with Gasteiger partial charge in [-0.1, -0.05) is 134 Å². The molecule has 0 saturated heterocycles. The van der Waals surface area contributed by atoms with E-state index in [9.17, 15) is 0 Å². The maximum Gasteiger partial charge on any atom is 0.0645 e. The lowest BCUT2D eigenvalue weighted by Crippen LogP contribution is -2.47. The number of unbranched alkanes of at least 4 members (excludes halogenated alkanes) is 1. The topological polar surface area (TPSA) is 18.5 Å². The molecule has 6 rings (SSSR count). The first kappa shape index (κ1) is 37.9. The van der Waals surface area contributed by atoms with Crippen LogP contribution < -0.4 is 0 Å². The maximum absolute atomic E-state index is 7.01. The van der Waals surface area contributed by atoms with Crippen molar-refractivity contribution in [3.8, 4) is 0 Å². The molecule has 278 valence electrons. The summed E-state index contributed by atoms with van der Waals surface area (Å²) in [5.41, 5.74) is 0. The van der Waals surface area contributed by atoms with Gasteiger partial charge < -0.3 is 9.47 Å². The summed E-state index contributed by atoms with van der Waals surface area (Å²) in [7, 11) is 1.99. The van der Waals surface area contributed by atoms with E-state index in [1.54, 1.807) is 0 Å². The highest BCUT2D eigenvalue weighted by Crippen LogP contribution is 2.57. The van der Waals surface area contributed by atoms with Crippen molar-refractivity contribution in [2.24, 2.45) is 65.1 Å². The Morgan fingerprint density at radius 2 is 0.980 bits per heavy atom. The van der Waals surface area contributed by atoms with Crippen molar-refractivity contribution < 1.29 is 9.47 Å². The van der Waals surface area contributed by atoms with E-state index >= 15 is 0 Å². The summed E-state index contributed by atoms with van der Waals surface area (Å²) in [6.07, 6.45) is 50.3. The molecule has 49 heavy (non-hydrogen) atoms. The molecule has 0 aliphatic heterocycles. The molecular formula is C47H78O2. The molecule has 6 aliphatic carbocycles. The lowest BCUT2D eigenvalue weighted by atomic mass is 9.50. The molecule has 0 bridgehead atoms. The van der Waals surface area contributed by atoms with Crippen LogP contribution in [0.2, 0.25) is 0 Å². The van der Waals surface area contributed by atoms with Crippen LogP contribution in [0.1, 0.15) is 168 Å². The zero-order valence-corrected chi connectivity index (χ0v) is 32.5. The Kier molecular flexibility index (Phi) is 15.3.